The maximum absolute atomic E-state index is 10.8. The lowest BCUT2D eigenvalue weighted by molar-refractivity contribution is -0.384. The number of aliphatic imine (C=N–C) groups is 1. The van der Waals surface area contributed by atoms with Crippen molar-refractivity contribution in [2.75, 3.05) is 0 Å². The van der Waals surface area contributed by atoms with Crippen molar-refractivity contribution >= 4 is 17.3 Å². The maximum atomic E-state index is 10.8. The van der Waals surface area contributed by atoms with E-state index < -0.39 is 4.92 Å². The van der Waals surface area contributed by atoms with E-state index >= 15 is 0 Å². The molecule has 0 aliphatic rings. The second-order valence-electron chi connectivity index (χ2n) is 6.44. The predicted molar refractivity (Wildman–Crippen MR) is 107 cm³/mol. The lowest BCUT2D eigenvalue weighted by atomic mass is 10.2. The zero-order valence-corrected chi connectivity index (χ0v) is 15.9. The summed E-state index contributed by atoms with van der Waals surface area (Å²) in [4.78, 5) is 15.0. The van der Waals surface area contributed by atoms with Crippen LogP contribution < -0.4 is 10.6 Å². The number of nitrogens with one attached hydrogen (secondary N) is 2. The SMILES string of the molecule is CCC(C)NC(=NCc1ccc([N+](=O)[O-])cc1)NCc1nnc2ccccn12. The summed E-state index contributed by atoms with van der Waals surface area (Å²) in [5.74, 6) is 1.44. The van der Waals surface area contributed by atoms with Gasteiger partial charge in [0.15, 0.2) is 17.4 Å². The number of benzene rings is 1. The molecule has 3 aromatic rings. The van der Waals surface area contributed by atoms with Gasteiger partial charge in [-0.3, -0.25) is 14.5 Å². The van der Waals surface area contributed by atoms with E-state index in [0.29, 0.717) is 19.0 Å². The zero-order valence-electron chi connectivity index (χ0n) is 15.9. The van der Waals surface area contributed by atoms with E-state index in [1.807, 2.05) is 28.8 Å². The van der Waals surface area contributed by atoms with Crippen molar-refractivity contribution < 1.29 is 4.92 Å². The van der Waals surface area contributed by atoms with Gasteiger partial charge in [0.05, 0.1) is 18.0 Å². The summed E-state index contributed by atoms with van der Waals surface area (Å²) in [6.45, 7) is 5.05. The summed E-state index contributed by atoms with van der Waals surface area (Å²) in [5, 5.41) is 25.8. The van der Waals surface area contributed by atoms with Gasteiger partial charge in [-0.05, 0) is 31.0 Å². The molecule has 0 radical (unpaired) electrons. The van der Waals surface area contributed by atoms with Crippen LogP contribution in [-0.2, 0) is 13.1 Å². The fourth-order valence-electron chi connectivity index (χ4n) is 2.56. The van der Waals surface area contributed by atoms with Crippen LogP contribution in [0.4, 0.5) is 5.69 Å². The molecule has 0 saturated carbocycles. The number of rotatable bonds is 7. The van der Waals surface area contributed by atoms with Crippen molar-refractivity contribution in [3.05, 3.63) is 70.2 Å². The van der Waals surface area contributed by atoms with Crippen LogP contribution >= 0.6 is 0 Å². The van der Waals surface area contributed by atoms with Crippen molar-refractivity contribution in [2.24, 2.45) is 4.99 Å². The molecule has 9 nitrogen and oxygen atoms in total. The minimum Gasteiger partial charge on any atom is -0.354 e. The lowest BCUT2D eigenvalue weighted by Gasteiger charge is -2.16. The standard InChI is InChI=1S/C19H23N7O2/c1-3-14(2)22-19(20-12-15-7-9-16(10-8-15)26(27)28)21-13-18-24-23-17-6-4-5-11-25(17)18/h4-11,14H,3,12-13H2,1-2H3,(H2,20,21,22). The van der Waals surface area contributed by atoms with Crippen LogP contribution in [-0.4, -0.2) is 31.5 Å². The summed E-state index contributed by atoms with van der Waals surface area (Å²) in [7, 11) is 0. The predicted octanol–water partition coefficient (Wildman–Crippen LogP) is 2.67. The number of pyridine rings is 1. The molecule has 2 heterocycles. The van der Waals surface area contributed by atoms with Crippen LogP contribution in [0.1, 0.15) is 31.7 Å². The first-order valence-electron chi connectivity index (χ1n) is 9.13. The Labute approximate surface area is 162 Å². The third-order valence-electron chi connectivity index (χ3n) is 4.36. The third kappa shape index (κ3) is 4.81. The molecule has 0 aliphatic heterocycles. The van der Waals surface area contributed by atoms with E-state index in [0.717, 1.165) is 23.5 Å². The van der Waals surface area contributed by atoms with Gasteiger partial charge in [0.25, 0.3) is 5.69 Å². The third-order valence-corrected chi connectivity index (χ3v) is 4.36. The van der Waals surface area contributed by atoms with Gasteiger partial charge < -0.3 is 10.6 Å². The molecular formula is C19H23N7O2. The highest BCUT2D eigenvalue weighted by atomic mass is 16.6. The number of nitro benzene ring substituents is 1. The summed E-state index contributed by atoms with van der Waals surface area (Å²) in [5.41, 5.74) is 1.75. The van der Waals surface area contributed by atoms with Crippen molar-refractivity contribution in [2.45, 2.75) is 39.4 Å². The van der Waals surface area contributed by atoms with Crippen LogP contribution in [0.25, 0.3) is 5.65 Å². The second kappa shape index (κ2) is 8.94. The number of nitro groups is 1. The molecule has 3 rings (SSSR count). The van der Waals surface area contributed by atoms with Gasteiger partial charge in [0.1, 0.15) is 0 Å². The Bertz CT molecular complexity index is 966. The van der Waals surface area contributed by atoms with Crippen LogP contribution in [0, 0.1) is 10.1 Å². The molecule has 9 heteroatoms. The first-order valence-corrected chi connectivity index (χ1v) is 9.13. The largest absolute Gasteiger partial charge is 0.354 e. The Hall–Kier alpha value is -3.49. The summed E-state index contributed by atoms with van der Waals surface area (Å²) < 4.78 is 1.92. The normalized spacial score (nSPS) is 12.7. The van der Waals surface area contributed by atoms with Gasteiger partial charge >= 0.3 is 0 Å². The zero-order chi connectivity index (χ0) is 19.9. The minimum absolute atomic E-state index is 0.0718. The number of aromatic nitrogens is 3. The number of guanidine groups is 1. The molecular weight excluding hydrogens is 358 g/mol. The van der Waals surface area contributed by atoms with Crippen LogP contribution in [0.3, 0.4) is 0 Å². The van der Waals surface area contributed by atoms with E-state index in [9.17, 15) is 10.1 Å². The van der Waals surface area contributed by atoms with Crippen molar-refractivity contribution in [1.29, 1.82) is 0 Å². The van der Waals surface area contributed by atoms with Crippen LogP contribution in [0.5, 0.6) is 0 Å². The highest BCUT2D eigenvalue weighted by molar-refractivity contribution is 5.80. The molecule has 0 bridgehead atoms. The Balaban J connectivity index is 1.70. The summed E-state index contributed by atoms with van der Waals surface area (Å²) in [6, 6.07) is 12.4. The van der Waals surface area contributed by atoms with E-state index in [1.54, 1.807) is 12.1 Å². The summed E-state index contributed by atoms with van der Waals surface area (Å²) in [6.07, 6.45) is 2.87. The number of hydrogen-bond acceptors (Lipinski definition) is 5. The van der Waals surface area contributed by atoms with E-state index in [-0.39, 0.29) is 11.7 Å². The molecule has 28 heavy (non-hydrogen) atoms. The van der Waals surface area contributed by atoms with E-state index in [1.165, 1.54) is 12.1 Å². The Morgan fingerprint density at radius 1 is 1.25 bits per heavy atom. The topological polar surface area (TPSA) is 110 Å². The molecule has 0 amide bonds. The number of nitrogens with zero attached hydrogens (tertiary/aromatic N) is 5. The van der Waals surface area contributed by atoms with Crippen molar-refractivity contribution in [3.63, 3.8) is 0 Å². The van der Waals surface area contributed by atoms with Gasteiger partial charge in [-0.2, -0.15) is 0 Å². The molecule has 1 aromatic carbocycles. The average molecular weight is 381 g/mol. The van der Waals surface area contributed by atoms with Gasteiger partial charge in [-0.15, -0.1) is 10.2 Å². The quantitative estimate of drug-likeness (QED) is 0.282. The average Bonchev–Trinajstić information content (AvgIpc) is 3.13. The fraction of sp³-hybridized carbons (Fsp3) is 0.316. The first-order chi connectivity index (χ1) is 13.6. The van der Waals surface area contributed by atoms with Gasteiger partial charge in [-0.25, -0.2) is 4.99 Å². The number of hydrogen-bond donors (Lipinski definition) is 2. The Morgan fingerprint density at radius 3 is 2.75 bits per heavy atom. The van der Waals surface area contributed by atoms with Crippen molar-refractivity contribution in [3.8, 4) is 0 Å². The highest BCUT2D eigenvalue weighted by Gasteiger charge is 2.08. The van der Waals surface area contributed by atoms with Crippen LogP contribution in [0.15, 0.2) is 53.7 Å². The van der Waals surface area contributed by atoms with E-state index in [4.69, 9.17) is 0 Å². The van der Waals surface area contributed by atoms with Gasteiger partial charge in [-0.1, -0.05) is 25.1 Å². The smallest absolute Gasteiger partial charge is 0.269 e. The maximum Gasteiger partial charge on any atom is 0.269 e. The molecule has 146 valence electrons. The molecule has 0 aliphatic carbocycles. The molecule has 1 atom stereocenters. The monoisotopic (exact) mass is 381 g/mol. The fourth-order valence-corrected chi connectivity index (χ4v) is 2.56. The lowest BCUT2D eigenvalue weighted by Crippen LogP contribution is -2.42. The highest BCUT2D eigenvalue weighted by Crippen LogP contribution is 2.12. The summed E-state index contributed by atoms with van der Waals surface area (Å²) >= 11 is 0. The first kappa shape index (κ1) is 19.3. The molecule has 0 spiro atoms. The van der Waals surface area contributed by atoms with Crippen LogP contribution in [0.2, 0.25) is 0 Å². The minimum atomic E-state index is -0.409. The molecule has 2 aromatic heterocycles. The molecule has 0 saturated heterocycles. The second-order valence-corrected chi connectivity index (χ2v) is 6.44. The molecule has 2 N–H and O–H groups in total. The molecule has 0 fully saturated rings. The Kier molecular flexibility index (Phi) is 6.15. The molecule has 1 unspecified atom stereocenters. The Morgan fingerprint density at radius 2 is 2.04 bits per heavy atom. The number of non-ortho nitro benzene ring substituents is 1. The van der Waals surface area contributed by atoms with Gasteiger partial charge in [0.2, 0.25) is 0 Å². The van der Waals surface area contributed by atoms with Crippen molar-refractivity contribution in [1.82, 2.24) is 25.2 Å². The van der Waals surface area contributed by atoms with Gasteiger partial charge in [0, 0.05) is 24.4 Å². The van der Waals surface area contributed by atoms with E-state index in [2.05, 4.69) is 39.7 Å². The number of fused-ring (bicyclic) bond motifs is 1.